The summed E-state index contributed by atoms with van der Waals surface area (Å²) >= 11 is 0. The highest BCUT2D eigenvalue weighted by molar-refractivity contribution is 5.61. The number of rotatable bonds is 4. The van der Waals surface area contributed by atoms with Crippen molar-refractivity contribution in [3.05, 3.63) is 41.5 Å². The van der Waals surface area contributed by atoms with Crippen LogP contribution in [0.2, 0.25) is 0 Å². The molecule has 0 fully saturated rings. The highest BCUT2D eigenvalue weighted by Crippen LogP contribution is 2.23. The summed E-state index contributed by atoms with van der Waals surface area (Å²) in [5.41, 5.74) is 8.86. The molecule has 90 valence electrons. The maximum Gasteiger partial charge on any atom is 0.196 e. The van der Waals surface area contributed by atoms with Crippen LogP contribution in [0.5, 0.6) is 0 Å². The first-order valence-electron chi connectivity index (χ1n) is 6.00. The molecule has 0 saturated heterocycles. The van der Waals surface area contributed by atoms with Gasteiger partial charge in [-0.05, 0) is 18.9 Å². The predicted molar refractivity (Wildman–Crippen MR) is 68.8 cm³/mol. The highest BCUT2D eigenvalue weighted by atomic mass is 16.4. The maximum atomic E-state index is 5.57. The molecule has 1 heterocycles. The second kappa shape index (κ2) is 5.15. The van der Waals surface area contributed by atoms with Gasteiger partial charge in [-0.15, -0.1) is 0 Å². The van der Waals surface area contributed by atoms with Gasteiger partial charge >= 0.3 is 0 Å². The minimum Gasteiger partial charge on any atom is -0.445 e. The molecule has 0 bridgehead atoms. The van der Waals surface area contributed by atoms with E-state index in [9.17, 15) is 0 Å². The fourth-order valence-corrected chi connectivity index (χ4v) is 1.85. The van der Waals surface area contributed by atoms with Gasteiger partial charge in [-0.25, -0.2) is 4.98 Å². The molecule has 2 rings (SSSR count). The zero-order chi connectivity index (χ0) is 12.3. The Morgan fingerprint density at radius 1 is 1.24 bits per heavy atom. The molecule has 2 aromatic rings. The Balaban J connectivity index is 2.31. The smallest absolute Gasteiger partial charge is 0.196 e. The molecule has 0 radical (unpaired) electrons. The van der Waals surface area contributed by atoms with Crippen molar-refractivity contribution in [2.24, 2.45) is 5.73 Å². The predicted octanol–water partition coefficient (Wildman–Crippen LogP) is 2.71. The molecule has 17 heavy (non-hydrogen) atoms. The monoisotopic (exact) mass is 230 g/mol. The SMILES string of the molecule is CCc1ccc(-c2nc(CCN)oc2C)cc1. The summed E-state index contributed by atoms with van der Waals surface area (Å²) in [6.45, 7) is 4.65. The van der Waals surface area contributed by atoms with Crippen LogP contribution in [-0.2, 0) is 12.8 Å². The van der Waals surface area contributed by atoms with Gasteiger partial charge in [0.05, 0.1) is 0 Å². The van der Waals surface area contributed by atoms with Crippen LogP contribution in [0.4, 0.5) is 0 Å². The average molecular weight is 230 g/mol. The van der Waals surface area contributed by atoms with E-state index in [-0.39, 0.29) is 0 Å². The number of hydrogen-bond donors (Lipinski definition) is 1. The molecule has 1 aromatic carbocycles. The molecule has 0 aliphatic heterocycles. The van der Waals surface area contributed by atoms with E-state index >= 15 is 0 Å². The molecule has 2 N–H and O–H groups in total. The van der Waals surface area contributed by atoms with Crippen molar-refractivity contribution >= 4 is 0 Å². The summed E-state index contributed by atoms with van der Waals surface area (Å²) in [4.78, 5) is 4.48. The van der Waals surface area contributed by atoms with Gasteiger partial charge in [-0.1, -0.05) is 31.2 Å². The Morgan fingerprint density at radius 2 is 1.94 bits per heavy atom. The number of aryl methyl sites for hydroxylation is 2. The van der Waals surface area contributed by atoms with Crippen LogP contribution in [0.3, 0.4) is 0 Å². The van der Waals surface area contributed by atoms with Crippen molar-refractivity contribution in [3.63, 3.8) is 0 Å². The number of oxazole rings is 1. The van der Waals surface area contributed by atoms with E-state index in [2.05, 4.69) is 36.2 Å². The number of nitrogens with two attached hydrogens (primary N) is 1. The van der Waals surface area contributed by atoms with Crippen LogP contribution in [0, 0.1) is 6.92 Å². The minimum atomic E-state index is 0.564. The van der Waals surface area contributed by atoms with Gasteiger partial charge in [0.1, 0.15) is 11.5 Å². The lowest BCUT2D eigenvalue weighted by molar-refractivity contribution is 0.473. The zero-order valence-electron chi connectivity index (χ0n) is 10.4. The molecule has 3 nitrogen and oxygen atoms in total. The fourth-order valence-electron chi connectivity index (χ4n) is 1.85. The summed E-state index contributed by atoms with van der Waals surface area (Å²) < 4.78 is 5.57. The maximum absolute atomic E-state index is 5.57. The van der Waals surface area contributed by atoms with Crippen molar-refractivity contribution in [1.29, 1.82) is 0 Å². The number of aromatic nitrogens is 1. The molecule has 0 saturated carbocycles. The van der Waals surface area contributed by atoms with Crippen molar-refractivity contribution in [3.8, 4) is 11.3 Å². The van der Waals surface area contributed by atoms with E-state index in [1.54, 1.807) is 0 Å². The van der Waals surface area contributed by atoms with Crippen molar-refractivity contribution in [2.75, 3.05) is 6.54 Å². The first kappa shape index (κ1) is 11.9. The summed E-state index contributed by atoms with van der Waals surface area (Å²) in [5.74, 6) is 1.58. The Kier molecular flexibility index (Phi) is 3.59. The van der Waals surface area contributed by atoms with Gasteiger partial charge in [0.15, 0.2) is 5.89 Å². The third kappa shape index (κ3) is 2.56. The van der Waals surface area contributed by atoms with Crippen molar-refractivity contribution in [1.82, 2.24) is 4.98 Å². The minimum absolute atomic E-state index is 0.564. The molecule has 0 atom stereocenters. The Morgan fingerprint density at radius 3 is 2.53 bits per heavy atom. The molecule has 1 aromatic heterocycles. The number of hydrogen-bond acceptors (Lipinski definition) is 3. The van der Waals surface area contributed by atoms with Gasteiger partial charge in [0.2, 0.25) is 0 Å². The van der Waals surface area contributed by atoms with Gasteiger partial charge < -0.3 is 10.2 Å². The Bertz CT molecular complexity index is 485. The van der Waals surface area contributed by atoms with Crippen LogP contribution in [0.1, 0.15) is 24.1 Å². The summed E-state index contributed by atoms with van der Waals surface area (Å²) in [6, 6.07) is 8.45. The molecule has 0 amide bonds. The van der Waals surface area contributed by atoms with E-state index in [0.29, 0.717) is 13.0 Å². The first-order chi connectivity index (χ1) is 8.24. The number of benzene rings is 1. The lowest BCUT2D eigenvalue weighted by Crippen LogP contribution is -2.02. The standard InChI is InChI=1S/C14H18N2O/c1-3-11-4-6-12(7-5-11)14-10(2)17-13(16-14)8-9-15/h4-7H,3,8-9,15H2,1-2H3. The normalized spacial score (nSPS) is 10.8. The fraction of sp³-hybridized carbons (Fsp3) is 0.357. The molecule has 0 aliphatic carbocycles. The van der Waals surface area contributed by atoms with Crippen LogP contribution in [0.25, 0.3) is 11.3 Å². The van der Waals surface area contributed by atoms with Gasteiger partial charge in [0, 0.05) is 18.5 Å². The van der Waals surface area contributed by atoms with Crippen molar-refractivity contribution < 1.29 is 4.42 Å². The Labute approximate surface area is 102 Å². The first-order valence-corrected chi connectivity index (χ1v) is 6.00. The van der Waals surface area contributed by atoms with E-state index in [4.69, 9.17) is 10.2 Å². The molecular formula is C14H18N2O. The third-order valence-electron chi connectivity index (χ3n) is 2.83. The van der Waals surface area contributed by atoms with Crippen LogP contribution in [-0.4, -0.2) is 11.5 Å². The van der Waals surface area contributed by atoms with Crippen molar-refractivity contribution in [2.45, 2.75) is 26.7 Å². The van der Waals surface area contributed by atoms with E-state index in [1.165, 1.54) is 5.56 Å². The van der Waals surface area contributed by atoms with Gasteiger partial charge in [-0.2, -0.15) is 0 Å². The summed E-state index contributed by atoms with van der Waals surface area (Å²) in [5, 5.41) is 0. The second-order valence-electron chi connectivity index (χ2n) is 4.10. The third-order valence-corrected chi connectivity index (χ3v) is 2.83. The van der Waals surface area contributed by atoms with E-state index < -0.39 is 0 Å². The van der Waals surface area contributed by atoms with Crippen LogP contribution >= 0.6 is 0 Å². The quantitative estimate of drug-likeness (QED) is 0.878. The zero-order valence-corrected chi connectivity index (χ0v) is 10.4. The Hall–Kier alpha value is -1.61. The second-order valence-corrected chi connectivity index (χ2v) is 4.10. The molecule has 0 spiro atoms. The van der Waals surface area contributed by atoms with Crippen LogP contribution < -0.4 is 5.73 Å². The summed E-state index contributed by atoms with van der Waals surface area (Å²) in [6.07, 6.45) is 1.74. The average Bonchev–Trinajstić information content (AvgIpc) is 2.71. The molecule has 0 unspecified atom stereocenters. The van der Waals surface area contributed by atoms with E-state index in [0.717, 1.165) is 29.3 Å². The van der Waals surface area contributed by atoms with Crippen LogP contribution in [0.15, 0.2) is 28.7 Å². The molecular weight excluding hydrogens is 212 g/mol. The van der Waals surface area contributed by atoms with Gasteiger partial charge in [0.25, 0.3) is 0 Å². The molecule has 0 aliphatic rings. The number of nitrogens with zero attached hydrogens (tertiary/aromatic N) is 1. The van der Waals surface area contributed by atoms with E-state index in [1.807, 2.05) is 6.92 Å². The summed E-state index contributed by atoms with van der Waals surface area (Å²) in [7, 11) is 0. The topological polar surface area (TPSA) is 52.0 Å². The van der Waals surface area contributed by atoms with Gasteiger partial charge in [-0.3, -0.25) is 0 Å². The lowest BCUT2D eigenvalue weighted by atomic mass is 10.1. The largest absolute Gasteiger partial charge is 0.445 e. The molecule has 3 heteroatoms. The highest BCUT2D eigenvalue weighted by Gasteiger charge is 2.10. The lowest BCUT2D eigenvalue weighted by Gasteiger charge is -1.99.